The summed E-state index contributed by atoms with van der Waals surface area (Å²) in [5, 5.41) is 2.90. The van der Waals surface area contributed by atoms with Crippen molar-refractivity contribution in [3.8, 4) is 0 Å². The van der Waals surface area contributed by atoms with Crippen LogP contribution in [-0.2, 0) is 16.1 Å². The number of anilines is 1. The number of benzene rings is 3. The number of nitrogens with zero attached hydrogens (tertiary/aromatic N) is 1. The van der Waals surface area contributed by atoms with Gasteiger partial charge in [-0.2, -0.15) is 0 Å². The Bertz CT molecular complexity index is 1240. The van der Waals surface area contributed by atoms with Crippen LogP contribution < -0.4 is 10.2 Å². The number of carbonyl (C=O) groups excluding carboxylic acids is 2. The van der Waals surface area contributed by atoms with Gasteiger partial charge in [-0.15, -0.1) is 0 Å². The lowest BCUT2D eigenvalue weighted by Gasteiger charge is -2.30. The first-order chi connectivity index (χ1) is 17.4. The first-order valence-corrected chi connectivity index (χ1v) is 12.8. The zero-order valence-corrected chi connectivity index (χ0v) is 21.2. The van der Waals surface area contributed by atoms with Gasteiger partial charge < -0.3 is 15.0 Å². The van der Waals surface area contributed by atoms with E-state index in [9.17, 15) is 14.0 Å². The van der Waals surface area contributed by atoms with Gasteiger partial charge in [0, 0.05) is 23.6 Å². The zero-order valence-electron chi connectivity index (χ0n) is 20.4. The summed E-state index contributed by atoms with van der Waals surface area (Å²) in [6, 6.07) is 21.1. The molecule has 0 saturated heterocycles. The van der Waals surface area contributed by atoms with Crippen molar-refractivity contribution in [3.05, 3.63) is 100 Å². The minimum absolute atomic E-state index is 0.117. The van der Waals surface area contributed by atoms with Gasteiger partial charge >= 0.3 is 0 Å². The molecule has 1 N–H and O–H groups in total. The Morgan fingerprint density at radius 1 is 1.06 bits per heavy atom. The third kappa shape index (κ3) is 6.62. The molecule has 0 fully saturated rings. The highest BCUT2D eigenvalue weighted by molar-refractivity contribution is 8.04. The molecule has 0 bridgehead atoms. The predicted octanol–water partition coefficient (Wildman–Crippen LogP) is 6.05. The van der Waals surface area contributed by atoms with E-state index in [-0.39, 0.29) is 23.7 Å². The van der Waals surface area contributed by atoms with E-state index in [2.05, 4.69) is 5.32 Å². The van der Waals surface area contributed by atoms with Gasteiger partial charge in [-0.25, -0.2) is 4.39 Å². The first kappa shape index (κ1) is 25.7. The van der Waals surface area contributed by atoms with Gasteiger partial charge in [-0.3, -0.25) is 9.59 Å². The Morgan fingerprint density at radius 3 is 2.50 bits per heavy atom. The van der Waals surface area contributed by atoms with Crippen LogP contribution in [0.15, 0.2) is 82.6 Å². The van der Waals surface area contributed by atoms with Crippen molar-refractivity contribution in [2.24, 2.45) is 0 Å². The molecule has 4 rings (SSSR count). The summed E-state index contributed by atoms with van der Waals surface area (Å²) in [6.07, 6.45) is 2.77. The van der Waals surface area contributed by atoms with E-state index in [1.807, 2.05) is 56.3 Å². The number of thioether (sulfide) groups is 1. The summed E-state index contributed by atoms with van der Waals surface area (Å²) >= 11 is 1.42. The molecule has 7 heteroatoms. The maximum atomic E-state index is 13.4. The van der Waals surface area contributed by atoms with Crippen LogP contribution >= 0.6 is 11.8 Å². The molecule has 0 aliphatic carbocycles. The number of halogens is 1. The maximum absolute atomic E-state index is 13.4. The number of ether oxygens (including phenoxy) is 1. The number of hydrogen-bond acceptors (Lipinski definition) is 4. The molecule has 3 aromatic carbocycles. The largest absolute Gasteiger partial charge is 0.379 e. The first-order valence-electron chi connectivity index (χ1n) is 12.0. The molecule has 1 aliphatic heterocycles. The second-order valence-corrected chi connectivity index (χ2v) is 9.83. The van der Waals surface area contributed by atoms with E-state index < -0.39 is 0 Å². The van der Waals surface area contributed by atoms with E-state index in [4.69, 9.17) is 4.74 Å². The molecule has 1 aliphatic rings. The Morgan fingerprint density at radius 2 is 1.78 bits per heavy atom. The quantitative estimate of drug-likeness (QED) is 0.285. The lowest BCUT2D eigenvalue weighted by atomic mass is 10.1. The number of carbonyl (C=O) groups is 2. The summed E-state index contributed by atoms with van der Waals surface area (Å²) in [5.41, 5.74) is 3.07. The maximum Gasteiger partial charge on any atom is 0.265 e. The summed E-state index contributed by atoms with van der Waals surface area (Å²) in [4.78, 5) is 29.1. The molecular formula is C29H29FN2O3S. The van der Waals surface area contributed by atoms with Gasteiger partial charge in [0.15, 0.2) is 0 Å². The normalized spacial score (nSPS) is 14.3. The summed E-state index contributed by atoms with van der Waals surface area (Å²) in [6.45, 7) is 5.46. The Labute approximate surface area is 215 Å². The zero-order chi connectivity index (χ0) is 25.5. The van der Waals surface area contributed by atoms with Gasteiger partial charge in [-0.1, -0.05) is 48.2 Å². The van der Waals surface area contributed by atoms with Crippen molar-refractivity contribution in [1.29, 1.82) is 0 Å². The molecule has 5 nitrogen and oxygen atoms in total. The van der Waals surface area contributed by atoms with Crippen LogP contribution in [0.1, 0.15) is 41.8 Å². The van der Waals surface area contributed by atoms with Gasteiger partial charge in [0.1, 0.15) is 5.82 Å². The van der Waals surface area contributed by atoms with Gasteiger partial charge in [0.2, 0.25) is 0 Å². The van der Waals surface area contributed by atoms with Crippen molar-refractivity contribution in [3.63, 3.8) is 0 Å². The molecule has 0 saturated carbocycles. The molecule has 0 spiro atoms. The van der Waals surface area contributed by atoms with Crippen molar-refractivity contribution in [1.82, 2.24) is 5.32 Å². The number of rotatable bonds is 9. The summed E-state index contributed by atoms with van der Waals surface area (Å²) in [5.74, 6) is -0.563. The lowest BCUT2D eigenvalue weighted by Crippen LogP contribution is -2.33. The number of amides is 2. The van der Waals surface area contributed by atoms with E-state index >= 15 is 0 Å². The van der Waals surface area contributed by atoms with E-state index in [0.717, 1.165) is 28.1 Å². The van der Waals surface area contributed by atoms with Gasteiger partial charge in [0.05, 0.1) is 23.2 Å². The van der Waals surface area contributed by atoms with Crippen LogP contribution in [0.4, 0.5) is 10.1 Å². The fraction of sp³-hybridized carbons (Fsp3) is 0.241. The SMILES string of the molecule is CC(C)OCCCNC(=O)c1ccc(C=C2Sc3ccccc3N(Cc3ccc(F)cc3)C2=O)cc1. The molecule has 186 valence electrons. The highest BCUT2D eigenvalue weighted by Gasteiger charge is 2.29. The number of nitrogens with one attached hydrogen (secondary N) is 1. The average molecular weight is 505 g/mol. The van der Waals surface area contributed by atoms with Crippen LogP contribution in [-0.4, -0.2) is 31.1 Å². The average Bonchev–Trinajstić information content (AvgIpc) is 2.87. The molecule has 3 aromatic rings. The molecule has 36 heavy (non-hydrogen) atoms. The van der Waals surface area contributed by atoms with Crippen LogP contribution in [0.2, 0.25) is 0 Å². The fourth-order valence-corrected chi connectivity index (χ4v) is 4.83. The molecule has 0 aromatic heterocycles. The van der Waals surface area contributed by atoms with Crippen LogP contribution in [0.25, 0.3) is 6.08 Å². The van der Waals surface area contributed by atoms with Crippen LogP contribution in [0, 0.1) is 5.82 Å². The van der Waals surface area contributed by atoms with E-state index in [1.54, 1.807) is 29.2 Å². The molecular weight excluding hydrogens is 475 g/mol. The van der Waals surface area contributed by atoms with Crippen molar-refractivity contribution >= 4 is 35.3 Å². The van der Waals surface area contributed by atoms with E-state index in [0.29, 0.717) is 30.2 Å². The number of para-hydroxylation sites is 1. The second kappa shape index (κ2) is 12.0. The van der Waals surface area contributed by atoms with Crippen molar-refractivity contribution in [2.75, 3.05) is 18.1 Å². The van der Waals surface area contributed by atoms with Crippen LogP contribution in [0.3, 0.4) is 0 Å². The highest BCUT2D eigenvalue weighted by Crippen LogP contribution is 2.42. The summed E-state index contributed by atoms with van der Waals surface area (Å²) in [7, 11) is 0. The number of fused-ring (bicyclic) bond motifs is 1. The predicted molar refractivity (Wildman–Crippen MR) is 142 cm³/mol. The molecule has 0 radical (unpaired) electrons. The second-order valence-electron chi connectivity index (χ2n) is 8.75. The lowest BCUT2D eigenvalue weighted by molar-refractivity contribution is -0.114. The monoisotopic (exact) mass is 504 g/mol. The molecule has 0 unspecified atom stereocenters. The van der Waals surface area contributed by atoms with Crippen molar-refractivity contribution < 1.29 is 18.7 Å². The highest BCUT2D eigenvalue weighted by atomic mass is 32.2. The van der Waals surface area contributed by atoms with Crippen molar-refractivity contribution in [2.45, 2.75) is 37.8 Å². The minimum atomic E-state index is -0.308. The van der Waals surface area contributed by atoms with E-state index in [1.165, 1.54) is 23.9 Å². The molecule has 2 amide bonds. The van der Waals surface area contributed by atoms with Crippen LogP contribution in [0.5, 0.6) is 0 Å². The molecule has 1 heterocycles. The van der Waals surface area contributed by atoms with Gasteiger partial charge in [-0.05, 0) is 73.9 Å². The number of hydrogen-bond donors (Lipinski definition) is 1. The Kier molecular flexibility index (Phi) is 8.57. The molecule has 0 atom stereocenters. The summed E-state index contributed by atoms with van der Waals surface area (Å²) < 4.78 is 18.8. The Balaban J connectivity index is 1.46. The standard InChI is InChI=1S/C29H29FN2O3S/c1-20(2)35-17-5-16-31-28(33)23-12-8-21(9-13-23)18-27-29(34)32(19-22-10-14-24(30)15-11-22)25-6-3-4-7-26(25)36-27/h3-4,6-15,18,20H,5,16-17,19H2,1-2H3,(H,31,33). The van der Waals surface area contributed by atoms with Gasteiger partial charge in [0.25, 0.3) is 11.8 Å². The third-order valence-electron chi connectivity index (χ3n) is 5.61. The fourth-order valence-electron chi connectivity index (χ4n) is 3.77. The minimum Gasteiger partial charge on any atom is -0.379 e. The smallest absolute Gasteiger partial charge is 0.265 e. The topological polar surface area (TPSA) is 58.6 Å². The third-order valence-corrected chi connectivity index (χ3v) is 6.69. The Hall–Kier alpha value is -3.42.